The predicted molar refractivity (Wildman–Crippen MR) is 108 cm³/mol. The van der Waals surface area contributed by atoms with Crippen LogP contribution in [0, 0.1) is 0 Å². The van der Waals surface area contributed by atoms with E-state index in [9.17, 15) is 13.2 Å². The summed E-state index contributed by atoms with van der Waals surface area (Å²) >= 11 is 6.06. The van der Waals surface area contributed by atoms with Gasteiger partial charge in [0.25, 0.3) is 0 Å². The fraction of sp³-hybridized carbons (Fsp3) is 0.632. The summed E-state index contributed by atoms with van der Waals surface area (Å²) in [6.45, 7) is 5.81. The van der Waals surface area contributed by atoms with Crippen LogP contribution in [0.5, 0.6) is 5.75 Å². The summed E-state index contributed by atoms with van der Waals surface area (Å²) in [5.41, 5.74) is 0. The summed E-state index contributed by atoms with van der Waals surface area (Å²) in [4.78, 5) is 16.1. The molecule has 2 rings (SSSR count). The summed E-state index contributed by atoms with van der Waals surface area (Å²) in [5.74, 6) is 0.123. The molecule has 1 amide bonds. The fourth-order valence-electron chi connectivity index (χ4n) is 2.99. The Morgan fingerprint density at radius 2 is 1.85 bits per heavy atom. The van der Waals surface area contributed by atoms with Crippen molar-refractivity contribution in [3.8, 4) is 5.75 Å². The molecule has 1 aromatic rings. The maximum atomic E-state index is 12.3. The highest BCUT2D eigenvalue weighted by Gasteiger charge is 2.25. The van der Waals surface area contributed by atoms with Crippen LogP contribution in [0.25, 0.3) is 0 Å². The number of sulfone groups is 1. The normalized spacial score (nSPS) is 15.7. The lowest BCUT2D eigenvalue weighted by Crippen LogP contribution is -2.50. The van der Waals surface area contributed by atoms with Crippen LogP contribution >= 0.6 is 11.6 Å². The van der Waals surface area contributed by atoms with Crippen LogP contribution < -0.4 is 4.74 Å². The minimum absolute atomic E-state index is 0.103. The number of benzene rings is 1. The molecule has 1 aromatic carbocycles. The smallest absolute Gasteiger partial charge is 0.237 e. The fourth-order valence-corrected chi connectivity index (χ4v) is 4.53. The first kappa shape index (κ1) is 22.0. The van der Waals surface area contributed by atoms with Gasteiger partial charge in [0.05, 0.1) is 10.8 Å². The van der Waals surface area contributed by atoms with E-state index in [1.165, 1.54) is 0 Å². The molecule has 0 unspecified atom stereocenters. The van der Waals surface area contributed by atoms with Gasteiger partial charge in [-0.1, -0.05) is 43.5 Å². The van der Waals surface area contributed by atoms with Crippen molar-refractivity contribution in [2.75, 3.05) is 50.8 Å². The summed E-state index contributed by atoms with van der Waals surface area (Å²) in [7, 11) is -3.30. The van der Waals surface area contributed by atoms with E-state index in [0.29, 0.717) is 50.0 Å². The Bertz CT molecular complexity index is 703. The number of carbonyl (C=O) groups is 1. The number of unbranched alkanes of at least 4 members (excludes halogenated alkanes) is 2. The Morgan fingerprint density at radius 1 is 1.15 bits per heavy atom. The van der Waals surface area contributed by atoms with E-state index in [-0.39, 0.29) is 17.4 Å². The van der Waals surface area contributed by atoms with Gasteiger partial charge in [0.1, 0.15) is 18.1 Å². The van der Waals surface area contributed by atoms with Crippen molar-refractivity contribution in [2.45, 2.75) is 26.2 Å². The lowest BCUT2D eigenvalue weighted by molar-refractivity contribution is -0.130. The molecule has 27 heavy (non-hydrogen) atoms. The van der Waals surface area contributed by atoms with E-state index < -0.39 is 9.84 Å². The van der Waals surface area contributed by atoms with E-state index in [4.69, 9.17) is 16.3 Å². The van der Waals surface area contributed by atoms with Gasteiger partial charge in [0, 0.05) is 32.7 Å². The Labute approximate surface area is 167 Å². The van der Waals surface area contributed by atoms with Crippen LogP contribution in [0.3, 0.4) is 0 Å². The van der Waals surface area contributed by atoms with Gasteiger partial charge in [-0.3, -0.25) is 9.69 Å². The highest BCUT2D eigenvalue weighted by Crippen LogP contribution is 2.22. The Balaban J connectivity index is 1.68. The molecule has 1 aliphatic rings. The van der Waals surface area contributed by atoms with Gasteiger partial charge in [0.15, 0.2) is 9.84 Å². The van der Waals surface area contributed by atoms with Gasteiger partial charge < -0.3 is 9.64 Å². The standard InChI is InChI=1S/C19H29ClN2O4S/c1-2-3-6-15-27(24,25)16-19(23)22-11-9-21(10-12-22)13-14-26-18-8-5-4-7-17(18)20/h4-5,7-8H,2-3,6,9-16H2,1H3. The van der Waals surface area contributed by atoms with Crippen LogP contribution in [0.4, 0.5) is 0 Å². The molecule has 1 aliphatic heterocycles. The molecule has 0 aromatic heterocycles. The van der Waals surface area contributed by atoms with Gasteiger partial charge in [-0.25, -0.2) is 8.42 Å². The molecule has 0 radical (unpaired) electrons. The van der Waals surface area contributed by atoms with Crippen molar-refractivity contribution < 1.29 is 17.9 Å². The van der Waals surface area contributed by atoms with Crippen molar-refractivity contribution in [1.29, 1.82) is 0 Å². The average molecular weight is 417 g/mol. The Kier molecular flexibility index (Phi) is 8.86. The third-order valence-corrected chi connectivity index (χ3v) is 6.54. The van der Waals surface area contributed by atoms with Crippen LogP contribution in [0.2, 0.25) is 5.02 Å². The molecule has 0 N–H and O–H groups in total. The highest BCUT2D eigenvalue weighted by atomic mass is 35.5. The van der Waals surface area contributed by atoms with Gasteiger partial charge in [-0.05, 0) is 18.6 Å². The van der Waals surface area contributed by atoms with Gasteiger partial charge in [-0.2, -0.15) is 0 Å². The second-order valence-electron chi connectivity index (χ2n) is 6.80. The first-order chi connectivity index (χ1) is 12.9. The van der Waals surface area contributed by atoms with Gasteiger partial charge in [-0.15, -0.1) is 0 Å². The largest absolute Gasteiger partial charge is 0.491 e. The number of nitrogens with zero attached hydrogens (tertiary/aromatic N) is 2. The molecule has 0 aliphatic carbocycles. The third-order valence-electron chi connectivity index (χ3n) is 4.63. The molecule has 6 nitrogen and oxygen atoms in total. The van der Waals surface area contributed by atoms with E-state index in [1.807, 2.05) is 25.1 Å². The quantitative estimate of drug-likeness (QED) is 0.548. The van der Waals surface area contributed by atoms with Crippen LogP contribution in [0.1, 0.15) is 26.2 Å². The number of amides is 1. The highest BCUT2D eigenvalue weighted by molar-refractivity contribution is 7.92. The first-order valence-corrected chi connectivity index (χ1v) is 11.7. The molecule has 0 saturated carbocycles. The van der Waals surface area contributed by atoms with E-state index in [0.717, 1.165) is 19.4 Å². The van der Waals surface area contributed by atoms with E-state index in [1.54, 1.807) is 11.0 Å². The molecular formula is C19H29ClN2O4S. The van der Waals surface area contributed by atoms with Crippen molar-refractivity contribution in [1.82, 2.24) is 9.80 Å². The first-order valence-electron chi connectivity index (χ1n) is 9.49. The molecular weight excluding hydrogens is 388 g/mol. The monoisotopic (exact) mass is 416 g/mol. The minimum Gasteiger partial charge on any atom is -0.491 e. The molecule has 8 heteroatoms. The summed E-state index contributed by atoms with van der Waals surface area (Å²) in [6.07, 6.45) is 2.47. The zero-order valence-corrected chi connectivity index (χ0v) is 17.5. The zero-order chi connectivity index (χ0) is 19.7. The topological polar surface area (TPSA) is 66.9 Å². The van der Waals surface area contributed by atoms with Crippen molar-refractivity contribution in [3.63, 3.8) is 0 Å². The number of halogens is 1. The molecule has 1 saturated heterocycles. The number of hydrogen-bond acceptors (Lipinski definition) is 5. The van der Waals surface area contributed by atoms with Crippen LogP contribution in [0.15, 0.2) is 24.3 Å². The molecule has 0 bridgehead atoms. The number of carbonyl (C=O) groups excluding carboxylic acids is 1. The number of rotatable bonds is 10. The average Bonchev–Trinajstić information content (AvgIpc) is 2.63. The second kappa shape index (κ2) is 10.9. The second-order valence-corrected chi connectivity index (χ2v) is 9.39. The molecule has 0 atom stereocenters. The number of ether oxygens (including phenoxy) is 1. The van der Waals surface area contributed by atoms with Crippen molar-refractivity contribution >= 4 is 27.3 Å². The number of para-hydroxylation sites is 1. The maximum absolute atomic E-state index is 12.3. The van der Waals surface area contributed by atoms with Crippen LogP contribution in [-0.2, 0) is 14.6 Å². The lowest BCUT2D eigenvalue weighted by atomic mass is 10.3. The molecule has 152 valence electrons. The van der Waals surface area contributed by atoms with Gasteiger partial charge >= 0.3 is 0 Å². The zero-order valence-electron chi connectivity index (χ0n) is 15.9. The van der Waals surface area contributed by atoms with Crippen molar-refractivity contribution in [2.24, 2.45) is 0 Å². The summed E-state index contributed by atoms with van der Waals surface area (Å²) < 4.78 is 29.8. The number of hydrogen-bond donors (Lipinski definition) is 0. The van der Waals surface area contributed by atoms with Crippen molar-refractivity contribution in [3.05, 3.63) is 29.3 Å². The SMILES string of the molecule is CCCCCS(=O)(=O)CC(=O)N1CCN(CCOc2ccccc2Cl)CC1. The van der Waals surface area contributed by atoms with Gasteiger partial charge in [0.2, 0.25) is 5.91 Å². The van der Waals surface area contributed by atoms with Crippen LogP contribution in [-0.4, -0.2) is 75.0 Å². The lowest BCUT2D eigenvalue weighted by Gasteiger charge is -2.34. The third kappa shape index (κ3) is 7.68. The maximum Gasteiger partial charge on any atom is 0.237 e. The predicted octanol–water partition coefficient (Wildman–Crippen LogP) is 2.47. The minimum atomic E-state index is -3.30. The number of piperazine rings is 1. The van der Waals surface area contributed by atoms with E-state index >= 15 is 0 Å². The Morgan fingerprint density at radius 3 is 2.52 bits per heavy atom. The summed E-state index contributed by atoms with van der Waals surface area (Å²) in [6, 6.07) is 7.36. The molecule has 1 heterocycles. The van der Waals surface area contributed by atoms with E-state index in [2.05, 4.69) is 4.90 Å². The summed E-state index contributed by atoms with van der Waals surface area (Å²) in [5, 5.41) is 0.591. The molecule has 0 spiro atoms. The molecule has 1 fully saturated rings. The Hall–Kier alpha value is -1.31.